The summed E-state index contributed by atoms with van der Waals surface area (Å²) in [6, 6.07) is 3.76. The number of hydrogen-bond donors (Lipinski definition) is 0. The summed E-state index contributed by atoms with van der Waals surface area (Å²) in [6.07, 6.45) is 1.77. The highest BCUT2D eigenvalue weighted by Crippen LogP contribution is 2.34. The third kappa shape index (κ3) is 1.00. The molecule has 12 heavy (non-hydrogen) atoms. The summed E-state index contributed by atoms with van der Waals surface area (Å²) in [7, 11) is -0.830. The summed E-state index contributed by atoms with van der Waals surface area (Å²) in [4.78, 5) is 5.19. The molecule has 1 aromatic rings. The molecule has 0 radical (unpaired) electrons. The van der Waals surface area contributed by atoms with Gasteiger partial charge in [-0.2, -0.15) is 0 Å². The predicted octanol–water partition coefficient (Wildman–Crippen LogP) is 1.48. The van der Waals surface area contributed by atoms with E-state index in [4.69, 9.17) is 0 Å². The average molecular weight is 181 g/mol. The van der Waals surface area contributed by atoms with E-state index in [9.17, 15) is 4.21 Å². The summed E-state index contributed by atoms with van der Waals surface area (Å²) in [5.74, 6) is 0.708. The highest BCUT2D eigenvalue weighted by atomic mass is 32.2. The summed E-state index contributed by atoms with van der Waals surface area (Å²) < 4.78 is 11.6. The van der Waals surface area contributed by atoms with Gasteiger partial charge in [-0.3, -0.25) is 9.19 Å². The first-order valence-electron chi connectivity index (χ1n) is 3.95. The minimum absolute atomic E-state index is 0.0124. The Kier molecular flexibility index (Phi) is 1.58. The van der Waals surface area contributed by atoms with Gasteiger partial charge in [-0.05, 0) is 12.1 Å². The van der Waals surface area contributed by atoms with Gasteiger partial charge in [0.25, 0.3) is 0 Å². The van der Waals surface area contributed by atoms with Crippen LogP contribution in [-0.4, -0.2) is 14.9 Å². The van der Waals surface area contributed by atoms with Crippen LogP contribution in [0.5, 0.6) is 0 Å². The van der Waals surface area contributed by atoms with E-state index in [0.717, 1.165) is 10.6 Å². The van der Waals surface area contributed by atoms with Crippen LogP contribution in [0.15, 0.2) is 23.2 Å². The van der Waals surface area contributed by atoms with Crippen LogP contribution in [0.3, 0.4) is 0 Å². The fourth-order valence-electron chi connectivity index (χ4n) is 1.56. The first-order chi connectivity index (χ1) is 5.61. The molecular formula is C9H11NOS. The molecule has 0 bridgehead atoms. The maximum atomic E-state index is 11.6. The van der Waals surface area contributed by atoms with Crippen LogP contribution < -0.4 is 0 Å². The third-order valence-electron chi connectivity index (χ3n) is 2.15. The molecule has 0 saturated heterocycles. The van der Waals surface area contributed by atoms with Crippen molar-refractivity contribution in [2.45, 2.75) is 24.2 Å². The molecule has 0 aromatic carbocycles. The van der Waals surface area contributed by atoms with E-state index in [1.807, 2.05) is 12.1 Å². The van der Waals surface area contributed by atoms with Gasteiger partial charge in [0.15, 0.2) is 0 Å². The van der Waals surface area contributed by atoms with Gasteiger partial charge in [0, 0.05) is 17.4 Å². The molecule has 0 amide bonds. The van der Waals surface area contributed by atoms with Gasteiger partial charge >= 0.3 is 0 Å². The molecule has 0 fully saturated rings. The zero-order valence-corrected chi connectivity index (χ0v) is 8.02. The van der Waals surface area contributed by atoms with Gasteiger partial charge < -0.3 is 0 Å². The normalized spacial score (nSPS) is 25.3. The van der Waals surface area contributed by atoms with Crippen molar-refractivity contribution in [1.29, 1.82) is 0 Å². The Morgan fingerprint density at radius 3 is 3.00 bits per heavy atom. The summed E-state index contributed by atoms with van der Waals surface area (Å²) in [5, 5.41) is 0. The van der Waals surface area contributed by atoms with Crippen LogP contribution >= 0.6 is 0 Å². The smallest absolute Gasteiger partial charge is 0.0630 e. The molecule has 2 nitrogen and oxygen atoms in total. The van der Waals surface area contributed by atoms with Gasteiger partial charge in [0.1, 0.15) is 0 Å². The fourth-order valence-corrected chi connectivity index (χ4v) is 3.28. The Hall–Kier alpha value is -0.700. The molecule has 2 rings (SSSR count). The molecular weight excluding hydrogens is 170 g/mol. The second-order valence-corrected chi connectivity index (χ2v) is 5.14. The molecule has 0 N–H and O–H groups in total. The van der Waals surface area contributed by atoms with Crippen molar-refractivity contribution in [2.75, 3.05) is 5.75 Å². The topological polar surface area (TPSA) is 30.0 Å². The monoisotopic (exact) mass is 181 g/mol. The van der Waals surface area contributed by atoms with Crippen LogP contribution in [0.25, 0.3) is 0 Å². The molecule has 0 saturated carbocycles. The third-order valence-corrected chi connectivity index (χ3v) is 3.95. The Balaban J connectivity index is 2.66. The molecule has 0 aliphatic carbocycles. The van der Waals surface area contributed by atoms with Crippen molar-refractivity contribution in [3.63, 3.8) is 0 Å². The van der Waals surface area contributed by atoms with Gasteiger partial charge in [-0.25, -0.2) is 0 Å². The molecule has 3 heteroatoms. The second-order valence-electron chi connectivity index (χ2n) is 3.72. The first-order valence-corrected chi connectivity index (χ1v) is 5.27. The van der Waals surface area contributed by atoms with Crippen LogP contribution in [0, 0.1) is 0 Å². The molecule has 1 aromatic heterocycles. The lowest BCUT2D eigenvalue weighted by atomic mass is 9.92. The highest BCUT2D eigenvalue weighted by molar-refractivity contribution is 7.85. The first kappa shape index (κ1) is 7.92. The predicted molar refractivity (Wildman–Crippen MR) is 48.5 cm³/mol. The maximum Gasteiger partial charge on any atom is 0.0630 e. The Labute approximate surface area is 74.5 Å². The second kappa shape index (κ2) is 2.39. The SMILES string of the molecule is CC1(C)CS(=O)c2cccnc21. The number of fused-ring (bicyclic) bond motifs is 1. The quantitative estimate of drug-likeness (QED) is 0.607. The van der Waals surface area contributed by atoms with E-state index in [0.29, 0.717) is 5.75 Å². The van der Waals surface area contributed by atoms with Gasteiger partial charge in [-0.1, -0.05) is 13.8 Å². The standard InChI is InChI=1S/C9H11NOS/c1-9(2)6-12(11)7-4-3-5-10-8(7)9/h3-5H,6H2,1-2H3. The van der Waals surface area contributed by atoms with Crippen LogP contribution in [0.4, 0.5) is 0 Å². The Bertz CT molecular complexity index is 346. The van der Waals surface area contributed by atoms with E-state index >= 15 is 0 Å². The lowest BCUT2D eigenvalue weighted by Gasteiger charge is -2.14. The zero-order valence-electron chi connectivity index (χ0n) is 7.20. The van der Waals surface area contributed by atoms with Gasteiger partial charge in [-0.15, -0.1) is 0 Å². The van der Waals surface area contributed by atoms with E-state index in [1.165, 1.54) is 0 Å². The fraction of sp³-hybridized carbons (Fsp3) is 0.444. The minimum Gasteiger partial charge on any atom is -0.259 e. The zero-order chi connectivity index (χ0) is 8.77. The molecule has 1 atom stereocenters. The van der Waals surface area contributed by atoms with E-state index in [1.54, 1.807) is 6.20 Å². The van der Waals surface area contributed by atoms with Crippen molar-refractivity contribution in [3.05, 3.63) is 24.0 Å². The molecule has 1 unspecified atom stereocenters. The number of hydrogen-bond acceptors (Lipinski definition) is 2. The molecule has 2 heterocycles. The summed E-state index contributed by atoms with van der Waals surface area (Å²) >= 11 is 0. The van der Waals surface area contributed by atoms with Crippen LogP contribution in [0.2, 0.25) is 0 Å². The lowest BCUT2D eigenvalue weighted by molar-refractivity contribution is 0.578. The van der Waals surface area contributed by atoms with Gasteiger partial charge in [0.05, 0.1) is 21.4 Å². The number of aromatic nitrogens is 1. The molecule has 1 aliphatic heterocycles. The molecule has 64 valence electrons. The highest BCUT2D eigenvalue weighted by Gasteiger charge is 2.35. The van der Waals surface area contributed by atoms with Crippen molar-refractivity contribution < 1.29 is 4.21 Å². The Morgan fingerprint density at radius 1 is 1.58 bits per heavy atom. The maximum absolute atomic E-state index is 11.6. The average Bonchev–Trinajstić information content (AvgIpc) is 2.25. The van der Waals surface area contributed by atoms with Crippen LogP contribution in [-0.2, 0) is 16.2 Å². The summed E-state index contributed by atoms with van der Waals surface area (Å²) in [5.41, 5.74) is 0.991. The van der Waals surface area contributed by atoms with Crippen molar-refractivity contribution >= 4 is 10.8 Å². The minimum atomic E-state index is -0.830. The number of pyridine rings is 1. The van der Waals surface area contributed by atoms with Crippen molar-refractivity contribution in [2.24, 2.45) is 0 Å². The van der Waals surface area contributed by atoms with Gasteiger partial charge in [0.2, 0.25) is 0 Å². The molecule has 0 spiro atoms. The molecule has 1 aliphatic rings. The summed E-state index contributed by atoms with van der Waals surface area (Å²) in [6.45, 7) is 4.17. The van der Waals surface area contributed by atoms with E-state index in [2.05, 4.69) is 18.8 Å². The van der Waals surface area contributed by atoms with Crippen molar-refractivity contribution in [3.8, 4) is 0 Å². The Morgan fingerprint density at radius 2 is 2.33 bits per heavy atom. The van der Waals surface area contributed by atoms with Crippen LogP contribution in [0.1, 0.15) is 19.5 Å². The van der Waals surface area contributed by atoms with E-state index in [-0.39, 0.29) is 5.41 Å². The lowest BCUT2D eigenvalue weighted by Crippen LogP contribution is -2.18. The largest absolute Gasteiger partial charge is 0.259 e. The number of nitrogens with zero attached hydrogens (tertiary/aromatic N) is 1. The number of rotatable bonds is 0. The van der Waals surface area contributed by atoms with Crippen molar-refractivity contribution in [1.82, 2.24) is 4.98 Å². The van der Waals surface area contributed by atoms with E-state index < -0.39 is 10.8 Å².